The monoisotopic (exact) mass is 259 g/mol. The Kier molecular flexibility index (Phi) is 2.48. The first-order valence-electron chi connectivity index (χ1n) is 5.75. The van der Waals surface area contributed by atoms with E-state index in [9.17, 15) is 8.78 Å². The number of imidazole rings is 1. The predicted octanol–water partition coefficient (Wildman–Crippen LogP) is 3.19. The van der Waals surface area contributed by atoms with Crippen LogP contribution in [0.1, 0.15) is 5.82 Å². The normalized spacial score (nSPS) is 11.1. The van der Waals surface area contributed by atoms with E-state index in [-0.39, 0.29) is 0 Å². The van der Waals surface area contributed by atoms with Crippen molar-refractivity contribution < 1.29 is 8.78 Å². The number of anilines is 1. The second-order valence-electron chi connectivity index (χ2n) is 4.37. The lowest BCUT2D eigenvalue weighted by molar-refractivity contribution is 0.581. The van der Waals surface area contributed by atoms with E-state index in [1.807, 2.05) is 0 Å². The van der Waals surface area contributed by atoms with Crippen LogP contribution in [-0.2, 0) is 0 Å². The van der Waals surface area contributed by atoms with Crippen molar-refractivity contribution in [2.45, 2.75) is 6.92 Å². The third-order valence-corrected chi connectivity index (χ3v) is 2.95. The molecule has 0 aliphatic heterocycles. The van der Waals surface area contributed by atoms with Gasteiger partial charge in [-0.2, -0.15) is 0 Å². The molecule has 3 nitrogen and oxygen atoms in total. The molecule has 0 radical (unpaired) electrons. The van der Waals surface area contributed by atoms with E-state index in [4.69, 9.17) is 5.73 Å². The largest absolute Gasteiger partial charge is 0.399 e. The molecule has 0 aliphatic carbocycles. The Morgan fingerprint density at radius 1 is 1.05 bits per heavy atom. The molecule has 5 heteroatoms. The zero-order valence-electron chi connectivity index (χ0n) is 10.2. The highest BCUT2D eigenvalue weighted by Crippen LogP contribution is 2.24. The highest BCUT2D eigenvalue weighted by Gasteiger charge is 2.11. The van der Waals surface area contributed by atoms with Gasteiger partial charge in [-0.05, 0) is 37.3 Å². The van der Waals surface area contributed by atoms with Crippen LogP contribution in [0.5, 0.6) is 0 Å². The predicted molar refractivity (Wildman–Crippen MR) is 70.1 cm³/mol. The molecule has 0 aliphatic rings. The number of nitrogens with zero attached hydrogens (tertiary/aromatic N) is 2. The van der Waals surface area contributed by atoms with Gasteiger partial charge in [-0.15, -0.1) is 0 Å². The first-order valence-corrected chi connectivity index (χ1v) is 5.75. The van der Waals surface area contributed by atoms with Crippen LogP contribution in [0.4, 0.5) is 14.5 Å². The zero-order chi connectivity index (χ0) is 13.6. The van der Waals surface area contributed by atoms with Crippen molar-refractivity contribution in [3.63, 3.8) is 0 Å². The fraction of sp³-hybridized carbons (Fsp3) is 0.0714. The molecule has 19 heavy (non-hydrogen) atoms. The standard InChI is InChI=1S/C14H11F2N3/c1-8-18-13-7-11(17)2-3-14(13)19(8)12-5-9(15)4-10(16)6-12/h2-7H,17H2,1H3. The summed E-state index contributed by atoms with van der Waals surface area (Å²) in [6.07, 6.45) is 0. The van der Waals surface area contributed by atoms with Crippen molar-refractivity contribution >= 4 is 16.7 Å². The lowest BCUT2D eigenvalue weighted by Gasteiger charge is -2.07. The zero-order valence-corrected chi connectivity index (χ0v) is 10.2. The minimum Gasteiger partial charge on any atom is -0.399 e. The lowest BCUT2D eigenvalue weighted by Crippen LogP contribution is -1.98. The lowest BCUT2D eigenvalue weighted by atomic mass is 10.2. The van der Waals surface area contributed by atoms with Crippen molar-refractivity contribution in [2.75, 3.05) is 5.73 Å². The Labute approximate surface area is 108 Å². The summed E-state index contributed by atoms with van der Waals surface area (Å²) in [6, 6.07) is 8.63. The number of halogens is 2. The average Bonchev–Trinajstić information content (AvgIpc) is 2.62. The van der Waals surface area contributed by atoms with E-state index in [1.54, 1.807) is 29.7 Å². The van der Waals surface area contributed by atoms with Crippen LogP contribution in [0, 0.1) is 18.6 Å². The molecule has 1 heterocycles. The van der Waals surface area contributed by atoms with Gasteiger partial charge in [0.2, 0.25) is 0 Å². The highest BCUT2D eigenvalue weighted by molar-refractivity contribution is 5.81. The maximum atomic E-state index is 13.3. The first kappa shape index (κ1) is 11.6. The minimum atomic E-state index is -0.619. The van der Waals surface area contributed by atoms with E-state index in [0.717, 1.165) is 11.6 Å². The summed E-state index contributed by atoms with van der Waals surface area (Å²) in [5.74, 6) is -0.594. The van der Waals surface area contributed by atoms with Gasteiger partial charge in [0.05, 0.1) is 16.7 Å². The molecule has 0 amide bonds. The van der Waals surface area contributed by atoms with Crippen LogP contribution in [0.25, 0.3) is 16.7 Å². The molecular formula is C14H11F2N3. The Hall–Kier alpha value is -2.43. The number of hydrogen-bond acceptors (Lipinski definition) is 2. The number of benzene rings is 2. The van der Waals surface area contributed by atoms with Crippen molar-refractivity contribution in [3.05, 3.63) is 53.9 Å². The third-order valence-electron chi connectivity index (χ3n) is 2.95. The van der Waals surface area contributed by atoms with Crippen LogP contribution in [-0.4, -0.2) is 9.55 Å². The van der Waals surface area contributed by atoms with Crippen molar-refractivity contribution in [1.82, 2.24) is 9.55 Å². The molecule has 0 atom stereocenters. The van der Waals surface area contributed by atoms with E-state index < -0.39 is 11.6 Å². The smallest absolute Gasteiger partial charge is 0.128 e. The minimum absolute atomic E-state index is 0.405. The quantitative estimate of drug-likeness (QED) is 0.682. The van der Waals surface area contributed by atoms with Gasteiger partial charge < -0.3 is 5.73 Å². The number of fused-ring (bicyclic) bond motifs is 1. The molecule has 0 fully saturated rings. The number of nitrogens with two attached hydrogens (primary N) is 1. The number of aromatic nitrogens is 2. The molecule has 2 aromatic carbocycles. The van der Waals surface area contributed by atoms with Gasteiger partial charge >= 0.3 is 0 Å². The van der Waals surface area contributed by atoms with Crippen LogP contribution in [0.3, 0.4) is 0 Å². The van der Waals surface area contributed by atoms with Gasteiger partial charge in [0.15, 0.2) is 0 Å². The van der Waals surface area contributed by atoms with E-state index >= 15 is 0 Å². The molecule has 96 valence electrons. The van der Waals surface area contributed by atoms with Gasteiger partial charge in [0, 0.05) is 11.8 Å². The van der Waals surface area contributed by atoms with Gasteiger partial charge in [0.1, 0.15) is 17.5 Å². The van der Waals surface area contributed by atoms with E-state index in [0.29, 0.717) is 22.7 Å². The first-order chi connectivity index (χ1) is 9.04. The summed E-state index contributed by atoms with van der Waals surface area (Å²) in [7, 11) is 0. The van der Waals surface area contributed by atoms with Crippen LogP contribution in [0.15, 0.2) is 36.4 Å². The molecule has 3 aromatic rings. The second-order valence-corrected chi connectivity index (χ2v) is 4.37. The van der Waals surface area contributed by atoms with Gasteiger partial charge in [0.25, 0.3) is 0 Å². The Morgan fingerprint density at radius 3 is 2.42 bits per heavy atom. The van der Waals surface area contributed by atoms with Gasteiger partial charge in [-0.1, -0.05) is 0 Å². The highest BCUT2D eigenvalue weighted by atomic mass is 19.1. The van der Waals surface area contributed by atoms with Crippen LogP contribution in [0.2, 0.25) is 0 Å². The van der Waals surface area contributed by atoms with E-state index in [2.05, 4.69) is 4.98 Å². The summed E-state index contributed by atoms with van der Waals surface area (Å²) < 4.78 is 28.3. The molecule has 0 saturated heterocycles. The second kappa shape index (κ2) is 4.05. The van der Waals surface area contributed by atoms with Crippen molar-refractivity contribution in [3.8, 4) is 5.69 Å². The fourth-order valence-corrected chi connectivity index (χ4v) is 2.21. The summed E-state index contributed by atoms with van der Waals surface area (Å²) in [4.78, 5) is 4.35. The van der Waals surface area contributed by atoms with Gasteiger partial charge in [-0.25, -0.2) is 13.8 Å². The molecule has 0 bridgehead atoms. The number of hydrogen-bond donors (Lipinski definition) is 1. The number of aryl methyl sites for hydroxylation is 1. The van der Waals surface area contributed by atoms with E-state index in [1.165, 1.54) is 12.1 Å². The molecule has 1 aromatic heterocycles. The van der Waals surface area contributed by atoms with Gasteiger partial charge in [-0.3, -0.25) is 4.57 Å². The van der Waals surface area contributed by atoms with Crippen molar-refractivity contribution in [1.29, 1.82) is 0 Å². The molecule has 0 spiro atoms. The topological polar surface area (TPSA) is 43.8 Å². The molecular weight excluding hydrogens is 248 g/mol. The van der Waals surface area contributed by atoms with Crippen molar-refractivity contribution in [2.24, 2.45) is 0 Å². The SMILES string of the molecule is Cc1nc2cc(N)ccc2n1-c1cc(F)cc(F)c1. The summed E-state index contributed by atoms with van der Waals surface area (Å²) in [5, 5.41) is 0. The maximum absolute atomic E-state index is 13.3. The number of nitrogen functional groups attached to an aromatic ring is 1. The Balaban J connectivity index is 2.32. The van der Waals surface area contributed by atoms with Crippen LogP contribution < -0.4 is 5.73 Å². The Morgan fingerprint density at radius 2 is 1.74 bits per heavy atom. The molecule has 0 saturated carbocycles. The summed E-state index contributed by atoms with van der Waals surface area (Å²) in [5.41, 5.74) is 8.16. The van der Waals surface area contributed by atoms with Crippen LogP contribution >= 0.6 is 0 Å². The Bertz CT molecular complexity index is 757. The fourth-order valence-electron chi connectivity index (χ4n) is 2.21. The molecule has 2 N–H and O–H groups in total. The maximum Gasteiger partial charge on any atom is 0.128 e. The average molecular weight is 259 g/mol. The third kappa shape index (κ3) is 1.93. The number of rotatable bonds is 1. The molecule has 3 rings (SSSR count). The summed E-state index contributed by atoms with van der Waals surface area (Å²) in [6.45, 7) is 1.78. The molecule has 0 unspecified atom stereocenters. The summed E-state index contributed by atoms with van der Waals surface area (Å²) >= 11 is 0.